The zero-order chi connectivity index (χ0) is 15.2. The maximum Gasteiger partial charge on any atom is 0.214 e. The van der Waals surface area contributed by atoms with Crippen LogP contribution in [-0.2, 0) is 0 Å². The zero-order valence-corrected chi connectivity index (χ0v) is 13.8. The number of benzene rings is 1. The number of para-hydroxylation sites is 1. The molecule has 3 aliphatic carbocycles. The van der Waals surface area contributed by atoms with Crippen molar-refractivity contribution in [3.05, 3.63) is 42.0 Å². The first-order valence-electron chi connectivity index (χ1n) is 7.82. The molecule has 4 nitrogen and oxygen atoms in total. The van der Waals surface area contributed by atoms with Gasteiger partial charge in [0.15, 0.2) is 0 Å². The van der Waals surface area contributed by atoms with Gasteiger partial charge in [0, 0.05) is 5.75 Å². The molecule has 0 unspecified atom stereocenters. The van der Waals surface area contributed by atoms with Crippen LogP contribution >= 0.6 is 11.8 Å². The van der Waals surface area contributed by atoms with Crippen molar-refractivity contribution < 1.29 is 0 Å². The van der Waals surface area contributed by atoms with Crippen molar-refractivity contribution in [2.45, 2.75) is 31.8 Å². The zero-order valence-electron chi connectivity index (χ0n) is 12.9. The highest BCUT2D eigenvalue weighted by molar-refractivity contribution is 7.99. The lowest BCUT2D eigenvalue weighted by Crippen LogP contribution is -2.48. The third-order valence-electron chi connectivity index (χ3n) is 5.39. The molecule has 114 valence electrons. The van der Waals surface area contributed by atoms with Crippen LogP contribution in [0.3, 0.4) is 0 Å². The van der Waals surface area contributed by atoms with Crippen molar-refractivity contribution >= 4 is 11.8 Å². The van der Waals surface area contributed by atoms with Crippen molar-refractivity contribution in [2.24, 2.45) is 17.3 Å². The summed E-state index contributed by atoms with van der Waals surface area (Å²) in [5.41, 5.74) is 3.08. The van der Waals surface area contributed by atoms with Crippen LogP contribution in [0.15, 0.2) is 47.1 Å². The van der Waals surface area contributed by atoms with E-state index in [-0.39, 0.29) is 0 Å². The van der Waals surface area contributed by atoms with E-state index in [0.29, 0.717) is 5.41 Å². The summed E-state index contributed by atoms with van der Waals surface area (Å²) in [5.74, 6) is 2.63. The summed E-state index contributed by atoms with van der Waals surface area (Å²) in [6, 6.07) is 10.1. The fourth-order valence-corrected chi connectivity index (χ4v) is 4.76. The fraction of sp³-hybridized carbons (Fsp3) is 0.471. The summed E-state index contributed by atoms with van der Waals surface area (Å²) >= 11 is 1.74. The van der Waals surface area contributed by atoms with E-state index in [1.807, 2.05) is 35.0 Å². The molecular formula is C17H20N4S. The van der Waals surface area contributed by atoms with Gasteiger partial charge in [0.25, 0.3) is 0 Å². The van der Waals surface area contributed by atoms with Crippen LogP contribution < -0.4 is 0 Å². The first kappa shape index (κ1) is 14.0. The summed E-state index contributed by atoms with van der Waals surface area (Å²) in [6.07, 6.45) is 5.06. The van der Waals surface area contributed by atoms with Crippen molar-refractivity contribution in [3.8, 4) is 5.69 Å². The minimum absolute atomic E-state index is 0.482. The predicted octanol–water partition coefficient (Wildman–Crippen LogP) is 3.75. The van der Waals surface area contributed by atoms with Crippen molar-refractivity contribution in [2.75, 3.05) is 5.75 Å². The lowest BCUT2D eigenvalue weighted by Gasteiger charge is -2.56. The normalized spacial score (nSPS) is 25.5. The molecule has 0 spiro atoms. The standard InChI is InChI=1S/C17H20N4S/c1-17(2)13-9-8-12(15(17)10-13)11-22-16-18-19-20-21(16)14-6-4-3-5-7-14/h3-8,13,15H,9-11H2,1-2H3/t13-,15+/m1/s1. The molecule has 0 saturated heterocycles. The number of hydrogen-bond acceptors (Lipinski definition) is 4. The number of fused-ring (bicyclic) bond motifs is 1. The molecule has 2 atom stereocenters. The van der Waals surface area contributed by atoms with Crippen LogP contribution in [-0.4, -0.2) is 26.0 Å². The molecule has 5 rings (SSSR count). The van der Waals surface area contributed by atoms with Crippen LogP contribution in [0.1, 0.15) is 26.7 Å². The third-order valence-corrected chi connectivity index (χ3v) is 6.38. The topological polar surface area (TPSA) is 43.6 Å². The fourth-order valence-electron chi connectivity index (χ4n) is 3.79. The van der Waals surface area contributed by atoms with Crippen molar-refractivity contribution in [1.82, 2.24) is 20.2 Å². The smallest absolute Gasteiger partial charge is 0.188 e. The van der Waals surface area contributed by atoms with Crippen LogP contribution in [0.4, 0.5) is 0 Å². The SMILES string of the molecule is CC1(C)[C@@H]2CC=C(CSc3nnnn3-c3ccccc3)[C@@H]1C2. The van der Waals surface area contributed by atoms with Gasteiger partial charge < -0.3 is 0 Å². The van der Waals surface area contributed by atoms with Gasteiger partial charge in [-0.05, 0) is 52.7 Å². The molecule has 1 aromatic carbocycles. The highest BCUT2D eigenvalue weighted by Crippen LogP contribution is 2.59. The highest BCUT2D eigenvalue weighted by atomic mass is 32.2. The van der Waals surface area contributed by atoms with Gasteiger partial charge in [0.05, 0.1) is 5.69 Å². The van der Waals surface area contributed by atoms with E-state index >= 15 is 0 Å². The molecule has 2 bridgehead atoms. The van der Waals surface area contributed by atoms with E-state index < -0.39 is 0 Å². The molecule has 22 heavy (non-hydrogen) atoms. The first-order valence-corrected chi connectivity index (χ1v) is 8.80. The van der Waals surface area contributed by atoms with E-state index in [9.17, 15) is 0 Å². The quantitative estimate of drug-likeness (QED) is 0.637. The van der Waals surface area contributed by atoms with E-state index in [0.717, 1.165) is 28.4 Å². The molecule has 0 N–H and O–H groups in total. The average molecular weight is 312 g/mol. The van der Waals surface area contributed by atoms with Gasteiger partial charge in [0.2, 0.25) is 5.16 Å². The Bertz CT molecular complexity index is 704. The summed E-state index contributed by atoms with van der Waals surface area (Å²) in [4.78, 5) is 0. The molecule has 0 radical (unpaired) electrons. The monoisotopic (exact) mass is 312 g/mol. The molecule has 0 amide bonds. The van der Waals surface area contributed by atoms with Crippen LogP contribution in [0, 0.1) is 17.3 Å². The van der Waals surface area contributed by atoms with E-state index in [1.165, 1.54) is 12.8 Å². The number of thioether (sulfide) groups is 1. The Hall–Kier alpha value is -1.62. The summed E-state index contributed by atoms with van der Waals surface area (Å²) in [5, 5.41) is 13.0. The van der Waals surface area contributed by atoms with Gasteiger partial charge in [-0.15, -0.1) is 5.10 Å². The molecule has 5 heteroatoms. The van der Waals surface area contributed by atoms with Crippen LogP contribution in [0.25, 0.3) is 5.69 Å². The summed E-state index contributed by atoms with van der Waals surface area (Å²) < 4.78 is 1.82. The molecule has 1 aromatic heterocycles. The first-order chi connectivity index (χ1) is 10.7. The number of tetrazole rings is 1. The van der Waals surface area contributed by atoms with Gasteiger partial charge in [0.1, 0.15) is 0 Å². The van der Waals surface area contributed by atoms with Crippen molar-refractivity contribution in [3.63, 3.8) is 0 Å². The number of rotatable bonds is 4. The Kier molecular flexibility index (Phi) is 3.33. The van der Waals surface area contributed by atoms with Gasteiger partial charge in [-0.2, -0.15) is 4.68 Å². The van der Waals surface area contributed by atoms with Gasteiger partial charge in [-0.1, -0.05) is 55.5 Å². The number of allylic oxidation sites excluding steroid dienone is 1. The lowest BCUT2D eigenvalue weighted by atomic mass is 9.49. The molecular weight excluding hydrogens is 292 g/mol. The molecule has 1 fully saturated rings. The van der Waals surface area contributed by atoms with Crippen LogP contribution in [0.2, 0.25) is 0 Å². The van der Waals surface area contributed by atoms with E-state index in [1.54, 1.807) is 17.3 Å². The highest BCUT2D eigenvalue weighted by Gasteiger charge is 2.50. The largest absolute Gasteiger partial charge is 0.214 e. The Morgan fingerprint density at radius 1 is 1.27 bits per heavy atom. The van der Waals surface area contributed by atoms with Crippen molar-refractivity contribution in [1.29, 1.82) is 0 Å². The average Bonchev–Trinajstić information content (AvgIpc) is 3.02. The second-order valence-corrected chi connectivity index (χ2v) is 7.76. The Labute approximate surface area is 135 Å². The second-order valence-electron chi connectivity index (χ2n) is 6.82. The minimum Gasteiger partial charge on any atom is -0.188 e. The van der Waals surface area contributed by atoms with Gasteiger partial charge >= 0.3 is 0 Å². The molecule has 3 aliphatic rings. The Balaban J connectivity index is 1.50. The summed E-state index contributed by atoms with van der Waals surface area (Å²) in [7, 11) is 0. The summed E-state index contributed by atoms with van der Waals surface area (Å²) in [6.45, 7) is 4.83. The third kappa shape index (κ3) is 2.19. The number of aromatic nitrogens is 4. The number of nitrogens with zero attached hydrogens (tertiary/aromatic N) is 4. The van der Waals surface area contributed by atoms with Gasteiger partial charge in [-0.3, -0.25) is 0 Å². The van der Waals surface area contributed by atoms with Gasteiger partial charge in [-0.25, -0.2) is 0 Å². The molecule has 1 saturated carbocycles. The molecule has 0 aliphatic heterocycles. The maximum absolute atomic E-state index is 4.19. The Morgan fingerprint density at radius 2 is 2.09 bits per heavy atom. The lowest BCUT2D eigenvalue weighted by molar-refractivity contribution is -0.00537. The minimum atomic E-state index is 0.482. The molecule has 1 heterocycles. The predicted molar refractivity (Wildman–Crippen MR) is 88.0 cm³/mol. The second kappa shape index (κ2) is 5.23. The van der Waals surface area contributed by atoms with Crippen LogP contribution in [0.5, 0.6) is 0 Å². The maximum atomic E-state index is 4.19. The number of hydrogen-bond donors (Lipinski definition) is 0. The molecule has 2 aromatic rings. The van der Waals surface area contributed by atoms with E-state index in [2.05, 4.69) is 35.4 Å². The van der Waals surface area contributed by atoms with E-state index in [4.69, 9.17) is 0 Å². The Morgan fingerprint density at radius 3 is 2.82 bits per heavy atom.